The fourth-order valence-electron chi connectivity index (χ4n) is 3.02. The second-order valence-corrected chi connectivity index (χ2v) is 6.62. The molecule has 2 N–H and O–H groups in total. The zero-order valence-corrected chi connectivity index (χ0v) is 12.4. The second kappa shape index (κ2) is 6.00. The van der Waals surface area contributed by atoms with Crippen LogP contribution in [0.4, 0.5) is 13.2 Å². The highest BCUT2D eigenvalue weighted by Gasteiger charge is 2.47. The topological polar surface area (TPSA) is 29.3 Å². The number of nitrogens with two attached hydrogens (primary N) is 1. The molecule has 5 heteroatoms. The van der Waals surface area contributed by atoms with Gasteiger partial charge in [-0.1, -0.05) is 20.8 Å². The lowest BCUT2D eigenvalue weighted by Crippen LogP contribution is -2.58. The summed E-state index contributed by atoms with van der Waals surface area (Å²) < 4.78 is 39.6. The van der Waals surface area contributed by atoms with Gasteiger partial charge in [0.05, 0.1) is 0 Å². The van der Waals surface area contributed by atoms with Gasteiger partial charge in [-0.3, -0.25) is 4.90 Å². The fourth-order valence-corrected chi connectivity index (χ4v) is 3.02. The van der Waals surface area contributed by atoms with Crippen LogP contribution in [0.15, 0.2) is 0 Å². The van der Waals surface area contributed by atoms with Crippen molar-refractivity contribution in [3.05, 3.63) is 0 Å². The molecule has 0 aromatic rings. The Hall–Kier alpha value is -0.290. The van der Waals surface area contributed by atoms with Crippen molar-refractivity contribution in [3.8, 4) is 0 Å². The lowest BCUT2D eigenvalue weighted by atomic mass is 9.75. The van der Waals surface area contributed by atoms with E-state index >= 15 is 0 Å². The molecule has 0 aromatic heterocycles. The molecule has 1 aliphatic carbocycles. The molecule has 0 saturated heterocycles. The smallest absolute Gasteiger partial charge is 0.326 e. The van der Waals surface area contributed by atoms with Crippen LogP contribution in [0.1, 0.15) is 52.9 Å². The third kappa shape index (κ3) is 4.35. The minimum Gasteiger partial charge on any atom is -0.326 e. The molecule has 1 rings (SSSR count). The van der Waals surface area contributed by atoms with Crippen molar-refractivity contribution in [2.24, 2.45) is 11.1 Å². The van der Waals surface area contributed by atoms with Crippen LogP contribution in [-0.2, 0) is 0 Å². The standard InChI is InChI=1S/C14H27F3N2/c1-5-11(18)12(14(15,16)17)19(4)10-6-8-13(2,3)9-7-10/h10-12H,5-9,18H2,1-4H3. The largest absolute Gasteiger partial charge is 0.405 e. The molecule has 0 aromatic carbocycles. The van der Waals surface area contributed by atoms with Gasteiger partial charge < -0.3 is 5.73 Å². The molecule has 2 nitrogen and oxygen atoms in total. The third-order valence-corrected chi connectivity index (χ3v) is 4.54. The molecule has 0 bridgehead atoms. The molecular formula is C14H27F3N2. The molecule has 0 aliphatic heterocycles. The first kappa shape index (κ1) is 16.8. The van der Waals surface area contributed by atoms with Gasteiger partial charge in [-0.15, -0.1) is 0 Å². The number of halogens is 3. The van der Waals surface area contributed by atoms with Crippen LogP contribution in [0.3, 0.4) is 0 Å². The molecule has 1 aliphatic rings. The SMILES string of the molecule is CCC(N)C(N(C)C1CCC(C)(C)CC1)C(F)(F)F. The van der Waals surface area contributed by atoms with Crippen molar-refractivity contribution < 1.29 is 13.2 Å². The highest BCUT2D eigenvalue weighted by atomic mass is 19.4. The average molecular weight is 280 g/mol. The van der Waals surface area contributed by atoms with Gasteiger partial charge in [0.15, 0.2) is 0 Å². The van der Waals surface area contributed by atoms with Crippen LogP contribution in [-0.4, -0.2) is 36.2 Å². The molecule has 0 heterocycles. The summed E-state index contributed by atoms with van der Waals surface area (Å²) >= 11 is 0. The van der Waals surface area contributed by atoms with Gasteiger partial charge in [-0.25, -0.2) is 0 Å². The first-order valence-electron chi connectivity index (χ1n) is 7.12. The van der Waals surface area contributed by atoms with Crippen LogP contribution < -0.4 is 5.73 Å². The van der Waals surface area contributed by atoms with Gasteiger partial charge in [-0.2, -0.15) is 13.2 Å². The summed E-state index contributed by atoms with van der Waals surface area (Å²) in [6.45, 7) is 6.08. The summed E-state index contributed by atoms with van der Waals surface area (Å²) in [7, 11) is 1.58. The zero-order chi connectivity index (χ0) is 14.8. The normalized spacial score (nSPS) is 24.5. The summed E-state index contributed by atoms with van der Waals surface area (Å²) in [5.41, 5.74) is 5.96. The zero-order valence-electron chi connectivity index (χ0n) is 12.4. The van der Waals surface area contributed by atoms with Crippen LogP contribution in [0.25, 0.3) is 0 Å². The third-order valence-electron chi connectivity index (χ3n) is 4.54. The van der Waals surface area contributed by atoms with E-state index < -0.39 is 18.3 Å². The van der Waals surface area contributed by atoms with Gasteiger partial charge >= 0.3 is 6.18 Å². The molecular weight excluding hydrogens is 253 g/mol. The Morgan fingerprint density at radius 2 is 1.74 bits per heavy atom. The molecule has 0 amide bonds. The number of nitrogens with zero attached hydrogens (tertiary/aromatic N) is 1. The van der Waals surface area contributed by atoms with Gasteiger partial charge in [-0.05, 0) is 44.6 Å². The average Bonchev–Trinajstić information content (AvgIpc) is 2.26. The second-order valence-electron chi connectivity index (χ2n) is 6.62. The first-order valence-corrected chi connectivity index (χ1v) is 7.12. The van der Waals surface area contributed by atoms with Crippen LogP contribution in [0.2, 0.25) is 0 Å². The van der Waals surface area contributed by atoms with Crippen molar-refractivity contribution in [1.82, 2.24) is 4.90 Å². The summed E-state index contributed by atoms with van der Waals surface area (Å²) in [6.07, 6.45) is -0.301. The quantitative estimate of drug-likeness (QED) is 0.853. The Kier molecular flexibility index (Phi) is 5.29. The maximum Gasteiger partial charge on any atom is 0.405 e. The summed E-state index contributed by atoms with van der Waals surface area (Å²) in [5, 5.41) is 0. The van der Waals surface area contributed by atoms with E-state index in [0.29, 0.717) is 6.42 Å². The van der Waals surface area contributed by atoms with Crippen molar-refractivity contribution in [2.45, 2.75) is 77.2 Å². The summed E-state index contributed by atoms with van der Waals surface area (Å²) in [4.78, 5) is 1.48. The number of rotatable bonds is 4. The van der Waals surface area contributed by atoms with Crippen LogP contribution in [0, 0.1) is 5.41 Å². The minimum absolute atomic E-state index is 0.00255. The van der Waals surface area contributed by atoms with E-state index in [-0.39, 0.29) is 11.5 Å². The van der Waals surface area contributed by atoms with E-state index in [1.54, 1.807) is 14.0 Å². The Labute approximate surface area is 114 Å². The van der Waals surface area contributed by atoms with Gasteiger partial charge in [0, 0.05) is 12.1 Å². The monoisotopic (exact) mass is 280 g/mol. The Morgan fingerprint density at radius 3 is 2.11 bits per heavy atom. The van der Waals surface area contributed by atoms with Gasteiger partial charge in [0.2, 0.25) is 0 Å². The fraction of sp³-hybridized carbons (Fsp3) is 1.00. The highest BCUT2D eigenvalue weighted by Crippen LogP contribution is 2.39. The maximum atomic E-state index is 13.2. The van der Waals surface area contributed by atoms with E-state index in [1.165, 1.54) is 4.90 Å². The number of alkyl halides is 3. The molecule has 19 heavy (non-hydrogen) atoms. The van der Waals surface area contributed by atoms with Crippen LogP contribution in [0.5, 0.6) is 0 Å². The van der Waals surface area contributed by atoms with Gasteiger partial charge in [0.1, 0.15) is 6.04 Å². The first-order chi connectivity index (χ1) is 8.58. The highest BCUT2D eigenvalue weighted by molar-refractivity contribution is 4.92. The number of hydrogen-bond donors (Lipinski definition) is 1. The maximum absolute atomic E-state index is 13.2. The molecule has 114 valence electrons. The lowest BCUT2D eigenvalue weighted by molar-refractivity contribution is -0.193. The predicted molar refractivity (Wildman–Crippen MR) is 71.9 cm³/mol. The summed E-state index contributed by atoms with van der Waals surface area (Å²) in [5.74, 6) is 0. The van der Waals surface area contributed by atoms with E-state index in [9.17, 15) is 13.2 Å². The van der Waals surface area contributed by atoms with E-state index in [0.717, 1.165) is 25.7 Å². The molecule has 0 radical (unpaired) electrons. The van der Waals surface area contributed by atoms with E-state index in [2.05, 4.69) is 13.8 Å². The van der Waals surface area contributed by atoms with Crippen molar-refractivity contribution in [2.75, 3.05) is 7.05 Å². The number of hydrogen-bond acceptors (Lipinski definition) is 2. The molecule has 0 spiro atoms. The van der Waals surface area contributed by atoms with Gasteiger partial charge in [0.25, 0.3) is 0 Å². The van der Waals surface area contributed by atoms with Crippen molar-refractivity contribution in [3.63, 3.8) is 0 Å². The lowest BCUT2D eigenvalue weighted by Gasteiger charge is -2.43. The minimum atomic E-state index is -4.25. The Balaban J connectivity index is 2.75. The van der Waals surface area contributed by atoms with Crippen molar-refractivity contribution >= 4 is 0 Å². The molecule has 2 atom stereocenters. The summed E-state index contributed by atoms with van der Waals surface area (Å²) in [6, 6.07) is -2.37. The molecule has 1 saturated carbocycles. The van der Waals surface area contributed by atoms with Crippen molar-refractivity contribution in [1.29, 1.82) is 0 Å². The number of likely N-dealkylation sites (N-methyl/N-ethyl adjacent to an activating group) is 1. The Morgan fingerprint density at radius 1 is 1.26 bits per heavy atom. The van der Waals surface area contributed by atoms with E-state index in [1.807, 2.05) is 0 Å². The predicted octanol–water partition coefficient (Wildman–Crippen LogP) is 3.56. The Bertz CT molecular complexity index is 279. The molecule has 1 fully saturated rings. The molecule has 2 unspecified atom stereocenters. The van der Waals surface area contributed by atoms with E-state index in [4.69, 9.17) is 5.73 Å². The van der Waals surface area contributed by atoms with Crippen LogP contribution >= 0.6 is 0 Å².